The SMILES string of the molecule is Cc1cccc(F)c1-n1c(-c2ccccc2)n[nH]c1=S. The van der Waals surface area contributed by atoms with Gasteiger partial charge in [0.2, 0.25) is 0 Å². The van der Waals surface area contributed by atoms with Crippen LogP contribution in [0.25, 0.3) is 17.1 Å². The number of benzene rings is 2. The van der Waals surface area contributed by atoms with Crippen LogP contribution in [0.4, 0.5) is 4.39 Å². The molecule has 1 aromatic heterocycles. The molecule has 2 aromatic carbocycles. The third-order valence-electron chi connectivity index (χ3n) is 3.12. The van der Waals surface area contributed by atoms with Crippen LogP contribution in [-0.2, 0) is 0 Å². The van der Waals surface area contributed by atoms with Gasteiger partial charge in [-0.3, -0.25) is 9.67 Å². The highest BCUT2D eigenvalue weighted by Gasteiger charge is 2.15. The molecule has 1 N–H and O–H groups in total. The molecule has 0 atom stereocenters. The molecule has 3 rings (SSSR count). The molecule has 3 nitrogen and oxygen atoms in total. The molecule has 100 valence electrons. The number of hydrogen-bond donors (Lipinski definition) is 1. The largest absolute Gasteiger partial charge is 0.265 e. The summed E-state index contributed by atoms with van der Waals surface area (Å²) in [5.41, 5.74) is 2.12. The van der Waals surface area contributed by atoms with Crippen molar-refractivity contribution in [2.75, 3.05) is 0 Å². The van der Waals surface area contributed by atoms with Crippen LogP contribution >= 0.6 is 12.2 Å². The van der Waals surface area contributed by atoms with Gasteiger partial charge >= 0.3 is 0 Å². The first-order chi connectivity index (χ1) is 9.68. The number of nitrogens with zero attached hydrogens (tertiary/aromatic N) is 2. The van der Waals surface area contributed by atoms with E-state index >= 15 is 0 Å². The second-order valence-corrected chi connectivity index (χ2v) is 4.85. The van der Waals surface area contributed by atoms with Crippen LogP contribution in [0.5, 0.6) is 0 Å². The van der Waals surface area contributed by atoms with E-state index in [0.29, 0.717) is 16.3 Å². The van der Waals surface area contributed by atoms with Crippen LogP contribution < -0.4 is 0 Å². The molecule has 20 heavy (non-hydrogen) atoms. The first kappa shape index (κ1) is 12.7. The molecule has 1 heterocycles. The maximum atomic E-state index is 14.2. The van der Waals surface area contributed by atoms with Crippen molar-refractivity contribution in [3.05, 3.63) is 64.7 Å². The molecule has 5 heteroatoms. The Bertz CT molecular complexity index is 785. The van der Waals surface area contributed by atoms with Gasteiger partial charge in [0.05, 0.1) is 5.69 Å². The van der Waals surface area contributed by atoms with Crippen molar-refractivity contribution >= 4 is 12.2 Å². The lowest BCUT2D eigenvalue weighted by molar-refractivity contribution is 0.616. The fourth-order valence-corrected chi connectivity index (χ4v) is 2.41. The van der Waals surface area contributed by atoms with Crippen molar-refractivity contribution in [3.63, 3.8) is 0 Å². The minimum absolute atomic E-state index is 0.320. The van der Waals surface area contributed by atoms with Gasteiger partial charge in [0.25, 0.3) is 0 Å². The molecule has 3 aromatic rings. The fraction of sp³-hybridized carbons (Fsp3) is 0.0667. The number of halogens is 1. The van der Waals surface area contributed by atoms with Crippen molar-refractivity contribution in [1.82, 2.24) is 14.8 Å². The van der Waals surface area contributed by atoms with Crippen molar-refractivity contribution < 1.29 is 4.39 Å². The summed E-state index contributed by atoms with van der Waals surface area (Å²) in [5.74, 6) is 0.281. The van der Waals surface area contributed by atoms with Gasteiger partial charge in [-0.1, -0.05) is 42.5 Å². The molecule has 0 unspecified atom stereocenters. The number of aromatic nitrogens is 3. The molecule has 0 fully saturated rings. The van der Waals surface area contributed by atoms with Crippen LogP contribution in [0.1, 0.15) is 5.56 Å². The Kier molecular flexibility index (Phi) is 3.20. The second kappa shape index (κ2) is 5.02. The Labute approximate surface area is 120 Å². The Morgan fingerprint density at radius 3 is 2.55 bits per heavy atom. The first-order valence-corrected chi connectivity index (χ1v) is 6.57. The number of para-hydroxylation sites is 1. The summed E-state index contributed by atoms with van der Waals surface area (Å²) in [6.07, 6.45) is 0. The predicted octanol–water partition coefficient (Wildman–Crippen LogP) is 4.04. The van der Waals surface area contributed by atoms with Crippen LogP contribution in [0, 0.1) is 17.5 Å². The van der Waals surface area contributed by atoms with E-state index in [0.717, 1.165) is 11.1 Å². The number of H-pyrrole nitrogens is 1. The zero-order valence-corrected chi connectivity index (χ0v) is 11.6. The summed E-state index contributed by atoms with van der Waals surface area (Å²) in [6, 6.07) is 14.5. The average molecular weight is 285 g/mol. The minimum atomic E-state index is -0.320. The van der Waals surface area contributed by atoms with Gasteiger partial charge < -0.3 is 0 Å². The Morgan fingerprint density at radius 2 is 1.85 bits per heavy atom. The van der Waals surface area contributed by atoms with Gasteiger partial charge in [0, 0.05) is 5.56 Å². The molecule has 0 spiro atoms. The Balaban J connectivity index is 2.31. The number of hydrogen-bond acceptors (Lipinski definition) is 2. The van der Waals surface area contributed by atoms with Crippen molar-refractivity contribution in [2.24, 2.45) is 0 Å². The molecule has 0 radical (unpaired) electrons. The molecule has 0 saturated heterocycles. The Hall–Kier alpha value is -2.27. The molecule has 0 aliphatic heterocycles. The van der Waals surface area contributed by atoms with Gasteiger partial charge in [-0.15, -0.1) is 0 Å². The zero-order valence-electron chi connectivity index (χ0n) is 10.8. The molecule has 0 saturated carbocycles. The highest BCUT2D eigenvalue weighted by molar-refractivity contribution is 7.71. The normalized spacial score (nSPS) is 10.7. The molecular formula is C15H12FN3S. The molecular weight excluding hydrogens is 273 g/mol. The number of aromatic amines is 1. The van der Waals surface area contributed by atoms with E-state index in [-0.39, 0.29) is 5.82 Å². The quantitative estimate of drug-likeness (QED) is 0.721. The van der Waals surface area contributed by atoms with Gasteiger partial charge in [0.15, 0.2) is 10.6 Å². The van der Waals surface area contributed by atoms with Crippen LogP contribution in [0.2, 0.25) is 0 Å². The van der Waals surface area contributed by atoms with E-state index < -0.39 is 0 Å². The van der Waals surface area contributed by atoms with E-state index in [4.69, 9.17) is 12.2 Å². The topological polar surface area (TPSA) is 33.6 Å². The lowest BCUT2D eigenvalue weighted by atomic mass is 10.1. The molecule has 0 aliphatic carbocycles. The highest BCUT2D eigenvalue weighted by atomic mass is 32.1. The summed E-state index contributed by atoms with van der Waals surface area (Å²) < 4.78 is 16.2. The monoisotopic (exact) mass is 285 g/mol. The van der Waals surface area contributed by atoms with Gasteiger partial charge in [0.1, 0.15) is 5.82 Å². The van der Waals surface area contributed by atoms with E-state index in [1.807, 2.05) is 43.3 Å². The Morgan fingerprint density at radius 1 is 1.10 bits per heavy atom. The summed E-state index contributed by atoms with van der Waals surface area (Å²) >= 11 is 5.25. The summed E-state index contributed by atoms with van der Waals surface area (Å²) in [7, 11) is 0. The second-order valence-electron chi connectivity index (χ2n) is 4.46. The maximum Gasteiger partial charge on any atom is 0.200 e. The first-order valence-electron chi connectivity index (χ1n) is 6.17. The number of nitrogens with one attached hydrogen (secondary N) is 1. The smallest absolute Gasteiger partial charge is 0.200 e. The molecule has 0 bridgehead atoms. The van der Waals surface area contributed by atoms with Gasteiger partial charge in [-0.25, -0.2) is 4.39 Å². The van der Waals surface area contributed by atoms with Crippen LogP contribution in [-0.4, -0.2) is 14.8 Å². The van der Waals surface area contributed by atoms with Crippen LogP contribution in [0.3, 0.4) is 0 Å². The summed E-state index contributed by atoms with van der Waals surface area (Å²) in [6.45, 7) is 1.85. The predicted molar refractivity (Wildman–Crippen MR) is 78.9 cm³/mol. The average Bonchev–Trinajstić information content (AvgIpc) is 2.82. The number of rotatable bonds is 2. The minimum Gasteiger partial charge on any atom is -0.265 e. The van der Waals surface area contributed by atoms with E-state index in [2.05, 4.69) is 10.2 Å². The van der Waals surface area contributed by atoms with Crippen molar-refractivity contribution in [1.29, 1.82) is 0 Å². The third-order valence-corrected chi connectivity index (χ3v) is 3.39. The number of aryl methyl sites for hydroxylation is 1. The summed E-state index contributed by atoms with van der Waals surface area (Å²) in [4.78, 5) is 0. The van der Waals surface area contributed by atoms with E-state index in [9.17, 15) is 4.39 Å². The maximum absolute atomic E-state index is 14.2. The third kappa shape index (κ3) is 2.06. The lowest BCUT2D eigenvalue weighted by Gasteiger charge is -2.10. The van der Waals surface area contributed by atoms with Gasteiger partial charge in [-0.2, -0.15) is 5.10 Å². The highest BCUT2D eigenvalue weighted by Crippen LogP contribution is 2.25. The van der Waals surface area contributed by atoms with Gasteiger partial charge in [-0.05, 0) is 30.8 Å². The van der Waals surface area contributed by atoms with E-state index in [1.54, 1.807) is 10.6 Å². The van der Waals surface area contributed by atoms with Crippen molar-refractivity contribution in [2.45, 2.75) is 6.92 Å². The molecule has 0 aliphatic rings. The summed E-state index contributed by atoms with van der Waals surface area (Å²) in [5, 5.41) is 6.96. The van der Waals surface area contributed by atoms with Crippen LogP contribution in [0.15, 0.2) is 48.5 Å². The standard InChI is InChI=1S/C15H12FN3S/c1-10-6-5-9-12(16)13(10)19-14(17-18-15(19)20)11-7-3-2-4-8-11/h2-9H,1H3,(H,18,20). The zero-order chi connectivity index (χ0) is 14.1. The molecule has 0 amide bonds. The van der Waals surface area contributed by atoms with E-state index in [1.165, 1.54) is 6.07 Å². The lowest BCUT2D eigenvalue weighted by Crippen LogP contribution is -2.03. The fourth-order valence-electron chi connectivity index (χ4n) is 2.19. The van der Waals surface area contributed by atoms with Crippen molar-refractivity contribution in [3.8, 4) is 17.1 Å².